The topological polar surface area (TPSA) is 62.1 Å². The number of halogens is 2. The zero-order valence-corrected chi connectivity index (χ0v) is 10.2. The molecule has 1 aliphatic rings. The van der Waals surface area contributed by atoms with Crippen LogP contribution in [0.15, 0.2) is 6.07 Å². The van der Waals surface area contributed by atoms with Crippen molar-refractivity contribution < 1.29 is 4.79 Å². The third-order valence-corrected chi connectivity index (χ3v) is 3.39. The van der Waals surface area contributed by atoms with Gasteiger partial charge in [0.2, 0.25) is 0 Å². The van der Waals surface area contributed by atoms with E-state index in [-0.39, 0.29) is 11.9 Å². The number of hydrogen-bond donors (Lipinski definition) is 2. The summed E-state index contributed by atoms with van der Waals surface area (Å²) < 4.78 is 0. The second kappa shape index (κ2) is 4.65. The Labute approximate surface area is 104 Å². The van der Waals surface area contributed by atoms with Crippen LogP contribution in [0.2, 0.25) is 10.2 Å². The van der Waals surface area contributed by atoms with Gasteiger partial charge >= 0.3 is 0 Å². The number of likely N-dealkylation sites (tertiary alicyclic amines) is 1. The molecule has 1 fully saturated rings. The van der Waals surface area contributed by atoms with Crippen LogP contribution in [0.5, 0.6) is 0 Å². The quantitative estimate of drug-likeness (QED) is 0.811. The third kappa shape index (κ3) is 2.34. The highest BCUT2D eigenvalue weighted by molar-refractivity contribution is 6.41. The van der Waals surface area contributed by atoms with Crippen molar-refractivity contribution in [3.8, 4) is 0 Å². The number of piperidine rings is 1. The molecule has 16 heavy (non-hydrogen) atoms. The molecular weight excluding hydrogens is 249 g/mol. The molecule has 6 heteroatoms. The molecule has 1 amide bonds. The van der Waals surface area contributed by atoms with Gasteiger partial charge in [-0.1, -0.05) is 23.2 Å². The van der Waals surface area contributed by atoms with Gasteiger partial charge in [0.05, 0.1) is 5.02 Å². The van der Waals surface area contributed by atoms with Gasteiger partial charge in [0.25, 0.3) is 5.91 Å². The van der Waals surface area contributed by atoms with Gasteiger partial charge in [0, 0.05) is 19.1 Å². The number of carbonyl (C=O) groups is 1. The molecule has 0 saturated carbocycles. The third-order valence-electron chi connectivity index (χ3n) is 2.70. The molecule has 0 aliphatic carbocycles. The molecule has 0 radical (unpaired) electrons. The minimum absolute atomic E-state index is 0.0682. The van der Waals surface area contributed by atoms with Crippen molar-refractivity contribution in [3.05, 3.63) is 21.9 Å². The summed E-state index contributed by atoms with van der Waals surface area (Å²) in [5.74, 6) is -0.0936. The molecule has 1 unspecified atom stereocenters. The second-order valence-corrected chi connectivity index (χ2v) is 4.78. The predicted octanol–water partition coefficient (Wildman–Crippen LogP) is 1.88. The van der Waals surface area contributed by atoms with Gasteiger partial charge in [-0.2, -0.15) is 0 Å². The lowest BCUT2D eigenvalue weighted by atomic mass is 10.1. The minimum Gasteiger partial charge on any atom is -0.340 e. The lowest BCUT2D eigenvalue weighted by Crippen LogP contribution is -2.45. The zero-order chi connectivity index (χ0) is 11.7. The molecule has 0 bridgehead atoms. The number of hydrogen-bond acceptors (Lipinski definition) is 2. The average molecular weight is 262 g/mol. The van der Waals surface area contributed by atoms with E-state index in [0.29, 0.717) is 22.4 Å². The number of nitrogens with zero attached hydrogens (tertiary/aromatic N) is 1. The maximum Gasteiger partial charge on any atom is 0.270 e. The molecule has 4 nitrogen and oxygen atoms in total. The van der Waals surface area contributed by atoms with Crippen molar-refractivity contribution in [1.82, 2.24) is 9.88 Å². The van der Waals surface area contributed by atoms with Crippen LogP contribution in [0.1, 0.15) is 23.3 Å². The lowest BCUT2D eigenvalue weighted by molar-refractivity contribution is 0.0703. The number of nitrogens with two attached hydrogens (primary N) is 1. The average Bonchev–Trinajstić information content (AvgIpc) is 2.58. The number of rotatable bonds is 1. The maximum absolute atomic E-state index is 12.0. The lowest BCUT2D eigenvalue weighted by Gasteiger charge is -2.30. The first-order chi connectivity index (χ1) is 7.58. The van der Waals surface area contributed by atoms with Crippen LogP contribution >= 0.6 is 23.2 Å². The number of carbonyl (C=O) groups excluding carboxylic acids is 1. The predicted molar refractivity (Wildman–Crippen MR) is 63.9 cm³/mol. The molecule has 1 atom stereocenters. The Morgan fingerprint density at radius 2 is 2.31 bits per heavy atom. The summed E-state index contributed by atoms with van der Waals surface area (Å²) in [6, 6.07) is 1.62. The van der Waals surface area contributed by atoms with E-state index >= 15 is 0 Å². The van der Waals surface area contributed by atoms with E-state index < -0.39 is 0 Å². The molecule has 0 aromatic carbocycles. The van der Waals surface area contributed by atoms with E-state index in [1.54, 1.807) is 11.0 Å². The van der Waals surface area contributed by atoms with E-state index in [0.717, 1.165) is 19.4 Å². The monoisotopic (exact) mass is 261 g/mol. The van der Waals surface area contributed by atoms with Crippen molar-refractivity contribution in [2.75, 3.05) is 13.1 Å². The number of aromatic amines is 1. The fourth-order valence-electron chi connectivity index (χ4n) is 1.88. The standard InChI is InChI=1S/C10H13Cl2N3O/c11-7-4-8(14-9(7)12)10(16)15-3-1-2-6(13)5-15/h4,6,14H,1-3,5,13H2. The minimum atomic E-state index is -0.0936. The van der Waals surface area contributed by atoms with Gasteiger partial charge in [-0.25, -0.2) is 0 Å². The SMILES string of the molecule is NC1CCCN(C(=O)c2cc(Cl)c(Cl)[nH]2)C1. The molecule has 1 saturated heterocycles. The summed E-state index contributed by atoms with van der Waals surface area (Å²) in [6.45, 7) is 1.33. The summed E-state index contributed by atoms with van der Waals surface area (Å²) in [5, 5.41) is 0.664. The van der Waals surface area contributed by atoms with Crippen molar-refractivity contribution in [3.63, 3.8) is 0 Å². The van der Waals surface area contributed by atoms with Crippen LogP contribution in [-0.2, 0) is 0 Å². The molecular formula is C10H13Cl2N3O. The van der Waals surface area contributed by atoms with Crippen LogP contribution in [0.25, 0.3) is 0 Å². The van der Waals surface area contributed by atoms with Crippen molar-refractivity contribution in [2.24, 2.45) is 5.73 Å². The molecule has 2 rings (SSSR count). The molecule has 88 valence electrons. The Balaban J connectivity index is 2.12. The van der Waals surface area contributed by atoms with Gasteiger partial charge < -0.3 is 15.6 Å². The Kier molecular flexibility index (Phi) is 3.42. The van der Waals surface area contributed by atoms with Crippen LogP contribution in [0.4, 0.5) is 0 Å². The first kappa shape index (κ1) is 11.8. The normalized spacial score (nSPS) is 21.2. The van der Waals surface area contributed by atoms with Gasteiger partial charge in [-0.05, 0) is 18.9 Å². The molecule has 2 heterocycles. The summed E-state index contributed by atoms with van der Waals surface area (Å²) in [5.41, 5.74) is 6.24. The Morgan fingerprint density at radius 1 is 1.56 bits per heavy atom. The van der Waals surface area contributed by atoms with Crippen LogP contribution < -0.4 is 5.73 Å². The number of nitrogens with one attached hydrogen (secondary N) is 1. The first-order valence-corrected chi connectivity index (χ1v) is 5.92. The van der Waals surface area contributed by atoms with Crippen LogP contribution in [0.3, 0.4) is 0 Å². The largest absolute Gasteiger partial charge is 0.340 e. The number of amides is 1. The summed E-state index contributed by atoms with van der Waals surface area (Å²) in [6.07, 6.45) is 1.91. The maximum atomic E-state index is 12.0. The summed E-state index contributed by atoms with van der Waals surface area (Å²) in [4.78, 5) is 16.5. The van der Waals surface area contributed by atoms with E-state index in [9.17, 15) is 4.79 Å². The van der Waals surface area contributed by atoms with Gasteiger partial charge in [-0.15, -0.1) is 0 Å². The highest BCUT2D eigenvalue weighted by Crippen LogP contribution is 2.23. The van der Waals surface area contributed by atoms with Crippen LogP contribution in [0, 0.1) is 0 Å². The van der Waals surface area contributed by atoms with E-state index in [2.05, 4.69) is 4.98 Å². The Bertz CT molecular complexity index is 385. The molecule has 3 N–H and O–H groups in total. The fourth-order valence-corrected chi connectivity index (χ4v) is 2.20. The Morgan fingerprint density at radius 3 is 2.88 bits per heavy atom. The highest BCUT2D eigenvalue weighted by atomic mass is 35.5. The zero-order valence-electron chi connectivity index (χ0n) is 8.67. The van der Waals surface area contributed by atoms with Crippen molar-refractivity contribution in [2.45, 2.75) is 18.9 Å². The van der Waals surface area contributed by atoms with Gasteiger partial charge in [0.1, 0.15) is 10.8 Å². The van der Waals surface area contributed by atoms with Gasteiger partial charge in [-0.3, -0.25) is 4.79 Å². The van der Waals surface area contributed by atoms with Crippen molar-refractivity contribution >= 4 is 29.1 Å². The summed E-state index contributed by atoms with van der Waals surface area (Å²) in [7, 11) is 0. The molecule has 0 spiro atoms. The smallest absolute Gasteiger partial charge is 0.270 e. The van der Waals surface area contributed by atoms with E-state index in [4.69, 9.17) is 28.9 Å². The molecule has 1 aliphatic heterocycles. The number of H-pyrrole nitrogens is 1. The Hall–Kier alpha value is -0.710. The van der Waals surface area contributed by atoms with Gasteiger partial charge in [0.15, 0.2) is 0 Å². The van der Waals surface area contributed by atoms with Crippen LogP contribution in [-0.4, -0.2) is 34.9 Å². The molecule has 1 aromatic rings. The highest BCUT2D eigenvalue weighted by Gasteiger charge is 2.23. The first-order valence-electron chi connectivity index (χ1n) is 5.17. The fraction of sp³-hybridized carbons (Fsp3) is 0.500. The molecule has 1 aromatic heterocycles. The van der Waals surface area contributed by atoms with E-state index in [1.807, 2.05) is 0 Å². The second-order valence-electron chi connectivity index (χ2n) is 4.00. The number of aromatic nitrogens is 1. The van der Waals surface area contributed by atoms with Crippen molar-refractivity contribution in [1.29, 1.82) is 0 Å². The summed E-state index contributed by atoms with van der Waals surface area (Å²) >= 11 is 11.5. The van der Waals surface area contributed by atoms with E-state index in [1.165, 1.54) is 0 Å².